The van der Waals surface area contributed by atoms with Crippen LogP contribution in [0.25, 0.3) is 16.6 Å². The number of para-hydroxylation sites is 2. The Bertz CT molecular complexity index is 711. The van der Waals surface area contributed by atoms with Crippen LogP contribution in [0.2, 0.25) is 0 Å². The molecule has 0 amide bonds. The molecule has 0 spiro atoms. The number of hydrogen-bond acceptors (Lipinski definition) is 1. The summed E-state index contributed by atoms with van der Waals surface area (Å²) in [6, 6.07) is 19.3. The number of likely N-dealkylation sites (N-methyl/N-ethyl adjacent to an activating group) is 1. The number of nitrogens with zero attached hydrogens (tertiary/aromatic N) is 1. The molecule has 0 fully saturated rings. The van der Waals surface area contributed by atoms with Gasteiger partial charge in [-0.1, -0.05) is 36.4 Å². The van der Waals surface area contributed by atoms with Gasteiger partial charge in [-0.05, 0) is 50.7 Å². The third kappa shape index (κ3) is 2.12. The summed E-state index contributed by atoms with van der Waals surface area (Å²) in [5, 5.41) is 4.61. The van der Waals surface area contributed by atoms with Crippen LogP contribution in [-0.4, -0.2) is 18.2 Å². The molecule has 1 heterocycles. The molecule has 1 aromatic heterocycles. The molecular weight excluding hydrogens is 244 g/mol. The van der Waals surface area contributed by atoms with Crippen molar-refractivity contribution >= 4 is 10.9 Å². The van der Waals surface area contributed by atoms with Crippen molar-refractivity contribution in [2.75, 3.05) is 13.6 Å². The molecule has 0 atom stereocenters. The lowest BCUT2D eigenvalue weighted by atomic mass is 10.1. The van der Waals surface area contributed by atoms with E-state index in [4.69, 9.17) is 0 Å². The van der Waals surface area contributed by atoms with Crippen molar-refractivity contribution in [2.45, 2.75) is 13.3 Å². The lowest BCUT2D eigenvalue weighted by Gasteiger charge is -2.08. The summed E-state index contributed by atoms with van der Waals surface area (Å²) in [6.07, 6.45) is 1.06. The Morgan fingerprint density at radius 1 is 0.950 bits per heavy atom. The largest absolute Gasteiger partial charge is 0.319 e. The minimum Gasteiger partial charge on any atom is -0.319 e. The molecule has 0 aliphatic heterocycles. The predicted octanol–water partition coefficient (Wildman–Crippen LogP) is 3.70. The molecule has 0 saturated heterocycles. The van der Waals surface area contributed by atoms with Crippen molar-refractivity contribution in [1.29, 1.82) is 0 Å². The van der Waals surface area contributed by atoms with Crippen LogP contribution in [0.15, 0.2) is 54.6 Å². The van der Waals surface area contributed by atoms with Gasteiger partial charge in [-0.25, -0.2) is 0 Å². The van der Waals surface area contributed by atoms with Gasteiger partial charge in [0.1, 0.15) is 0 Å². The van der Waals surface area contributed by atoms with Crippen molar-refractivity contribution in [3.63, 3.8) is 0 Å². The molecule has 20 heavy (non-hydrogen) atoms. The average Bonchev–Trinajstić information content (AvgIpc) is 2.78. The van der Waals surface area contributed by atoms with Gasteiger partial charge in [0.25, 0.3) is 0 Å². The SMILES string of the molecule is CNCCc1c(C)n(-c2ccccc2)c2ccccc12. The molecule has 2 nitrogen and oxygen atoms in total. The highest BCUT2D eigenvalue weighted by molar-refractivity contribution is 5.87. The fourth-order valence-electron chi connectivity index (χ4n) is 2.91. The Morgan fingerprint density at radius 2 is 1.65 bits per heavy atom. The summed E-state index contributed by atoms with van der Waals surface area (Å²) in [7, 11) is 2.01. The van der Waals surface area contributed by atoms with E-state index in [0.29, 0.717) is 0 Å². The van der Waals surface area contributed by atoms with Gasteiger partial charge in [0.05, 0.1) is 5.52 Å². The van der Waals surface area contributed by atoms with E-state index in [2.05, 4.69) is 71.4 Å². The first kappa shape index (κ1) is 12.9. The van der Waals surface area contributed by atoms with Crippen molar-refractivity contribution in [1.82, 2.24) is 9.88 Å². The number of fused-ring (bicyclic) bond motifs is 1. The Morgan fingerprint density at radius 3 is 2.40 bits per heavy atom. The second-order valence-corrected chi connectivity index (χ2v) is 5.11. The summed E-state index contributed by atoms with van der Waals surface area (Å²) in [6.45, 7) is 3.22. The van der Waals surface area contributed by atoms with E-state index in [9.17, 15) is 0 Å². The minimum atomic E-state index is 1.00. The highest BCUT2D eigenvalue weighted by Crippen LogP contribution is 2.29. The summed E-state index contributed by atoms with van der Waals surface area (Å²) in [4.78, 5) is 0. The predicted molar refractivity (Wildman–Crippen MR) is 85.6 cm³/mol. The minimum absolute atomic E-state index is 1.00. The van der Waals surface area contributed by atoms with Crippen molar-refractivity contribution in [2.24, 2.45) is 0 Å². The molecule has 0 radical (unpaired) electrons. The van der Waals surface area contributed by atoms with E-state index in [1.807, 2.05) is 7.05 Å². The first-order valence-electron chi connectivity index (χ1n) is 7.12. The molecule has 1 N–H and O–H groups in total. The number of rotatable bonds is 4. The zero-order chi connectivity index (χ0) is 13.9. The number of benzene rings is 2. The van der Waals surface area contributed by atoms with E-state index >= 15 is 0 Å². The number of aromatic nitrogens is 1. The van der Waals surface area contributed by atoms with Crippen LogP contribution in [0.3, 0.4) is 0 Å². The molecule has 102 valence electrons. The maximum Gasteiger partial charge on any atom is 0.0534 e. The summed E-state index contributed by atoms with van der Waals surface area (Å²) >= 11 is 0. The van der Waals surface area contributed by atoms with Gasteiger partial charge in [0.15, 0.2) is 0 Å². The van der Waals surface area contributed by atoms with Crippen LogP contribution in [0.4, 0.5) is 0 Å². The summed E-state index contributed by atoms with van der Waals surface area (Å²) < 4.78 is 2.36. The van der Waals surface area contributed by atoms with E-state index < -0.39 is 0 Å². The van der Waals surface area contributed by atoms with Crippen molar-refractivity contribution in [3.8, 4) is 5.69 Å². The Kier molecular flexibility index (Phi) is 3.57. The fraction of sp³-hybridized carbons (Fsp3) is 0.222. The highest BCUT2D eigenvalue weighted by atomic mass is 15.0. The monoisotopic (exact) mass is 264 g/mol. The molecule has 3 rings (SSSR count). The van der Waals surface area contributed by atoms with Gasteiger partial charge < -0.3 is 9.88 Å². The molecule has 0 saturated carbocycles. The second kappa shape index (κ2) is 5.51. The van der Waals surface area contributed by atoms with E-state index in [1.54, 1.807) is 0 Å². The quantitative estimate of drug-likeness (QED) is 0.760. The lowest BCUT2D eigenvalue weighted by molar-refractivity contribution is 0.788. The molecule has 2 heteroatoms. The van der Waals surface area contributed by atoms with Crippen molar-refractivity contribution in [3.05, 3.63) is 65.9 Å². The fourth-order valence-corrected chi connectivity index (χ4v) is 2.91. The van der Waals surface area contributed by atoms with Crippen LogP contribution < -0.4 is 5.32 Å². The standard InChI is InChI=1S/C18H20N2/c1-14-16(12-13-19-2)17-10-6-7-11-18(17)20(14)15-8-4-3-5-9-15/h3-11,19H,12-13H2,1-2H3. The van der Waals surface area contributed by atoms with Gasteiger partial charge in [0, 0.05) is 16.8 Å². The average molecular weight is 264 g/mol. The first-order chi connectivity index (χ1) is 9.83. The number of hydrogen-bond donors (Lipinski definition) is 1. The summed E-state index contributed by atoms with van der Waals surface area (Å²) in [5.41, 5.74) is 5.31. The Labute approximate surface area is 120 Å². The Hall–Kier alpha value is -2.06. The maximum absolute atomic E-state index is 3.25. The summed E-state index contributed by atoms with van der Waals surface area (Å²) in [5.74, 6) is 0. The van der Waals surface area contributed by atoms with Crippen molar-refractivity contribution < 1.29 is 0 Å². The third-order valence-corrected chi connectivity index (χ3v) is 3.88. The topological polar surface area (TPSA) is 17.0 Å². The molecule has 2 aromatic carbocycles. The third-order valence-electron chi connectivity index (χ3n) is 3.88. The molecule has 0 aliphatic rings. The second-order valence-electron chi connectivity index (χ2n) is 5.11. The van der Waals surface area contributed by atoms with E-state index in [-0.39, 0.29) is 0 Å². The smallest absolute Gasteiger partial charge is 0.0534 e. The first-order valence-corrected chi connectivity index (χ1v) is 7.12. The van der Waals surface area contributed by atoms with Crippen LogP contribution in [-0.2, 0) is 6.42 Å². The normalized spacial score (nSPS) is 11.1. The highest BCUT2D eigenvalue weighted by Gasteiger charge is 2.13. The zero-order valence-corrected chi connectivity index (χ0v) is 12.1. The van der Waals surface area contributed by atoms with Gasteiger partial charge in [-0.3, -0.25) is 0 Å². The van der Waals surface area contributed by atoms with Crippen LogP contribution in [0.5, 0.6) is 0 Å². The van der Waals surface area contributed by atoms with Crippen LogP contribution in [0, 0.1) is 6.92 Å². The molecule has 0 aliphatic carbocycles. The van der Waals surface area contributed by atoms with Gasteiger partial charge in [-0.15, -0.1) is 0 Å². The molecule has 0 bridgehead atoms. The van der Waals surface area contributed by atoms with E-state index in [1.165, 1.54) is 27.8 Å². The van der Waals surface area contributed by atoms with Gasteiger partial charge >= 0.3 is 0 Å². The van der Waals surface area contributed by atoms with Crippen LogP contribution >= 0.6 is 0 Å². The van der Waals surface area contributed by atoms with Crippen LogP contribution in [0.1, 0.15) is 11.3 Å². The van der Waals surface area contributed by atoms with Gasteiger partial charge in [0.2, 0.25) is 0 Å². The molecular formula is C18H20N2. The molecule has 3 aromatic rings. The zero-order valence-electron chi connectivity index (χ0n) is 12.1. The lowest BCUT2D eigenvalue weighted by Crippen LogP contribution is -2.11. The Balaban J connectivity index is 2.24. The van der Waals surface area contributed by atoms with E-state index in [0.717, 1.165) is 13.0 Å². The van der Waals surface area contributed by atoms with Gasteiger partial charge in [-0.2, -0.15) is 0 Å². The number of nitrogens with one attached hydrogen (secondary N) is 1. The maximum atomic E-state index is 3.25. The molecule has 0 unspecified atom stereocenters.